The molecule has 0 saturated carbocycles. The third-order valence-corrected chi connectivity index (χ3v) is 2.08. The van der Waals surface area contributed by atoms with E-state index in [2.05, 4.69) is 20.3 Å². The molecule has 2 aromatic heterocycles. The Bertz CT molecular complexity index is 428. The number of anilines is 1. The monoisotopic (exact) mass is 200 g/mol. The maximum atomic E-state index is 4.19. The molecule has 4 heteroatoms. The minimum atomic E-state index is 0.667. The van der Waals surface area contributed by atoms with Crippen molar-refractivity contribution in [3.8, 4) is 0 Å². The second-order valence-corrected chi connectivity index (χ2v) is 3.19. The summed E-state index contributed by atoms with van der Waals surface area (Å²) in [6, 6.07) is 3.91. The van der Waals surface area contributed by atoms with Gasteiger partial charge >= 0.3 is 0 Å². The van der Waals surface area contributed by atoms with Crippen molar-refractivity contribution in [3.05, 3.63) is 48.3 Å². The number of rotatable bonds is 3. The van der Waals surface area contributed by atoms with Crippen LogP contribution in [0.4, 0.5) is 5.69 Å². The van der Waals surface area contributed by atoms with E-state index in [1.54, 1.807) is 24.8 Å². The highest BCUT2D eigenvalue weighted by Gasteiger charge is 1.97. The third kappa shape index (κ3) is 2.49. The van der Waals surface area contributed by atoms with Gasteiger partial charge in [0.15, 0.2) is 0 Å². The summed E-state index contributed by atoms with van der Waals surface area (Å²) in [6.07, 6.45) is 6.88. The van der Waals surface area contributed by atoms with Crippen LogP contribution in [0.5, 0.6) is 0 Å². The lowest BCUT2D eigenvalue weighted by Gasteiger charge is -2.07. The van der Waals surface area contributed by atoms with Gasteiger partial charge < -0.3 is 5.32 Å². The molecule has 4 nitrogen and oxygen atoms in total. The van der Waals surface area contributed by atoms with Gasteiger partial charge in [0.2, 0.25) is 0 Å². The predicted octanol–water partition coefficient (Wildman–Crippen LogP) is 1.79. The molecule has 0 unspecified atom stereocenters. The quantitative estimate of drug-likeness (QED) is 0.820. The summed E-state index contributed by atoms with van der Waals surface area (Å²) in [5.74, 6) is 0. The predicted molar refractivity (Wildman–Crippen MR) is 58.3 cm³/mol. The van der Waals surface area contributed by atoms with Crippen molar-refractivity contribution in [1.29, 1.82) is 0 Å². The molecule has 0 aliphatic carbocycles. The van der Waals surface area contributed by atoms with Crippen molar-refractivity contribution in [2.24, 2.45) is 0 Å². The summed E-state index contributed by atoms with van der Waals surface area (Å²) >= 11 is 0. The van der Waals surface area contributed by atoms with E-state index in [1.165, 1.54) is 0 Å². The molecule has 2 aromatic rings. The number of nitrogens with one attached hydrogen (secondary N) is 1. The zero-order chi connectivity index (χ0) is 10.5. The van der Waals surface area contributed by atoms with Crippen LogP contribution in [-0.4, -0.2) is 15.0 Å². The summed E-state index contributed by atoms with van der Waals surface area (Å²) < 4.78 is 0. The number of pyridine rings is 1. The highest BCUT2D eigenvalue weighted by molar-refractivity contribution is 5.46. The van der Waals surface area contributed by atoms with Gasteiger partial charge in [-0.2, -0.15) is 0 Å². The summed E-state index contributed by atoms with van der Waals surface area (Å²) in [4.78, 5) is 12.4. The maximum Gasteiger partial charge on any atom is 0.0777 e. The largest absolute Gasteiger partial charge is 0.378 e. The van der Waals surface area contributed by atoms with E-state index < -0.39 is 0 Å². The first-order chi connectivity index (χ1) is 7.36. The molecule has 0 amide bonds. The molecular formula is C11H12N4. The minimum Gasteiger partial charge on any atom is -0.378 e. The summed E-state index contributed by atoms with van der Waals surface area (Å²) in [5, 5.41) is 3.26. The molecule has 0 aromatic carbocycles. The van der Waals surface area contributed by atoms with Gasteiger partial charge in [0.05, 0.1) is 29.8 Å². The van der Waals surface area contributed by atoms with E-state index in [9.17, 15) is 0 Å². The van der Waals surface area contributed by atoms with E-state index in [-0.39, 0.29) is 0 Å². The van der Waals surface area contributed by atoms with Crippen LogP contribution >= 0.6 is 0 Å². The molecule has 2 heterocycles. The van der Waals surface area contributed by atoms with Gasteiger partial charge in [-0.15, -0.1) is 0 Å². The Hall–Kier alpha value is -1.97. The van der Waals surface area contributed by atoms with Gasteiger partial charge in [0.25, 0.3) is 0 Å². The van der Waals surface area contributed by atoms with Gasteiger partial charge in [-0.05, 0) is 19.1 Å². The molecule has 0 fully saturated rings. The lowest BCUT2D eigenvalue weighted by atomic mass is 10.3. The summed E-state index contributed by atoms with van der Waals surface area (Å²) in [6.45, 7) is 2.64. The van der Waals surface area contributed by atoms with Crippen LogP contribution in [-0.2, 0) is 6.54 Å². The minimum absolute atomic E-state index is 0.667. The van der Waals surface area contributed by atoms with E-state index in [1.807, 2.05) is 19.1 Å². The molecule has 0 radical (unpaired) electrons. The average molecular weight is 200 g/mol. The van der Waals surface area contributed by atoms with E-state index in [4.69, 9.17) is 0 Å². The number of aryl methyl sites for hydroxylation is 1. The first kappa shape index (κ1) is 9.58. The molecule has 15 heavy (non-hydrogen) atoms. The maximum absolute atomic E-state index is 4.19. The van der Waals surface area contributed by atoms with E-state index >= 15 is 0 Å². The highest BCUT2D eigenvalue weighted by Crippen LogP contribution is 2.10. The average Bonchev–Trinajstić information content (AvgIpc) is 2.29. The molecule has 76 valence electrons. The molecule has 0 aliphatic heterocycles. The van der Waals surface area contributed by atoms with Gasteiger partial charge in [-0.25, -0.2) is 0 Å². The fourth-order valence-corrected chi connectivity index (χ4v) is 1.28. The third-order valence-electron chi connectivity index (χ3n) is 2.08. The van der Waals surface area contributed by atoms with E-state index in [0.717, 1.165) is 17.1 Å². The normalized spacial score (nSPS) is 9.93. The molecule has 0 spiro atoms. The Morgan fingerprint density at radius 2 is 2.13 bits per heavy atom. The van der Waals surface area contributed by atoms with Crippen LogP contribution in [0.15, 0.2) is 36.9 Å². The van der Waals surface area contributed by atoms with E-state index in [0.29, 0.717) is 6.54 Å². The molecule has 0 bridgehead atoms. The number of nitrogens with zero attached hydrogens (tertiary/aromatic N) is 3. The number of hydrogen-bond acceptors (Lipinski definition) is 4. The molecular weight excluding hydrogens is 188 g/mol. The van der Waals surface area contributed by atoms with Crippen LogP contribution < -0.4 is 5.32 Å². The number of aromatic nitrogens is 3. The lowest BCUT2D eigenvalue weighted by Crippen LogP contribution is -2.03. The lowest BCUT2D eigenvalue weighted by molar-refractivity contribution is 1.00. The second kappa shape index (κ2) is 4.50. The Kier molecular flexibility index (Phi) is 2.88. The Balaban J connectivity index is 2.03. The van der Waals surface area contributed by atoms with Crippen LogP contribution in [0.3, 0.4) is 0 Å². The Morgan fingerprint density at radius 3 is 2.87 bits per heavy atom. The molecule has 1 N–H and O–H groups in total. The van der Waals surface area contributed by atoms with Crippen LogP contribution in [0, 0.1) is 6.92 Å². The molecule has 0 saturated heterocycles. The first-order valence-corrected chi connectivity index (χ1v) is 4.76. The van der Waals surface area contributed by atoms with Crippen molar-refractivity contribution in [3.63, 3.8) is 0 Å². The SMILES string of the molecule is Cc1ncccc1NCc1cnccn1. The fourth-order valence-electron chi connectivity index (χ4n) is 1.28. The topological polar surface area (TPSA) is 50.7 Å². The standard InChI is InChI=1S/C11H12N4/c1-9-11(3-2-4-13-9)15-8-10-7-12-5-6-14-10/h2-7,15H,8H2,1H3. The Labute approximate surface area is 88.4 Å². The van der Waals surface area contributed by atoms with Gasteiger partial charge in [-0.3, -0.25) is 15.0 Å². The van der Waals surface area contributed by atoms with Crippen molar-refractivity contribution in [2.45, 2.75) is 13.5 Å². The summed E-state index contributed by atoms with van der Waals surface area (Å²) in [5.41, 5.74) is 2.94. The zero-order valence-corrected chi connectivity index (χ0v) is 8.51. The zero-order valence-electron chi connectivity index (χ0n) is 8.51. The van der Waals surface area contributed by atoms with Crippen molar-refractivity contribution < 1.29 is 0 Å². The number of hydrogen-bond donors (Lipinski definition) is 1. The van der Waals surface area contributed by atoms with Gasteiger partial charge in [-0.1, -0.05) is 0 Å². The second-order valence-electron chi connectivity index (χ2n) is 3.19. The first-order valence-electron chi connectivity index (χ1n) is 4.76. The van der Waals surface area contributed by atoms with Crippen LogP contribution in [0.2, 0.25) is 0 Å². The van der Waals surface area contributed by atoms with Crippen molar-refractivity contribution in [2.75, 3.05) is 5.32 Å². The van der Waals surface area contributed by atoms with Crippen molar-refractivity contribution >= 4 is 5.69 Å². The smallest absolute Gasteiger partial charge is 0.0777 e. The molecule has 2 rings (SSSR count). The van der Waals surface area contributed by atoms with Crippen LogP contribution in [0.1, 0.15) is 11.4 Å². The van der Waals surface area contributed by atoms with Gasteiger partial charge in [0, 0.05) is 18.6 Å². The molecule has 0 atom stereocenters. The van der Waals surface area contributed by atoms with Crippen molar-refractivity contribution in [1.82, 2.24) is 15.0 Å². The highest BCUT2D eigenvalue weighted by atomic mass is 14.9. The molecule has 0 aliphatic rings. The fraction of sp³-hybridized carbons (Fsp3) is 0.182. The van der Waals surface area contributed by atoms with Crippen LogP contribution in [0.25, 0.3) is 0 Å². The Morgan fingerprint density at radius 1 is 1.20 bits per heavy atom. The summed E-state index contributed by atoms with van der Waals surface area (Å²) in [7, 11) is 0. The van der Waals surface area contributed by atoms with Gasteiger partial charge in [0.1, 0.15) is 0 Å².